The Kier molecular flexibility index (Phi) is 2.02. The second-order valence-corrected chi connectivity index (χ2v) is 3.06. The number of carbonyl (C=O) groups excluding carboxylic acids is 1. The Labute approximate surface area is 81.5 Å². The largest absolute Gasteiger partial charge is 0.366 e. The molecular weight excluding hydrogens is 182 g/mol. The van der Waals surface area contributed by atoms with Gasteiger partial charge in [-0.15, -0.1) is 0 Å². The van der Waals surface area contributed by atoms with Crippen molar-refractivity contribution in [3.63, 3.8) is 0 Å². The molecule has 74 valence electrons. The third kappa shape index (κ3) is 1.05. The van der Waals surface area contributed by atoms with E-state index in [1.54, 1.807) is 24.5 Å². The van der Waals surface area contributed by atoms with E-state index in [9.17, 15) is 4.79 Å². The molecule has 0 aromatic carbocycles. The summed E-state index contributed by atoms with van der Waals surface area (Å²) >= 11 is 0. The molecule has 0 aliphatic heterocycles. The number of H-pyrrole nitrogens is 1. The molecule has 0 unspecified atom stereocenters. The molecule has 1 aliphatic rings. The summed E-state index contributed by atoms with van der Waals surface area (Å²) in [6.07, 6.45) is 6.83. The van der Waals surface area contributed by atoms with Crippen LogP contribution >= 0.6 is 0 Å². The summed E-state index contributed by atoms with van der Waals surface area (Å²) < 4.78 is 10.2. The minimum absolute atomic E-state index is 0.179. The molecule has 1 heterocycles. The summed E-state index contributed by atoms with van der Waals surface area (Å²) in [5.74, 6) is -1.43. The van der Waals surface area contributed by atoms with Crippen LogP contribution in [-0.4, -0.2) is 30.8 Å². The number of aromatic amines is 1. The highest BCUT2D eigenvalue weighted by atomic mass is 16.7. The number of nitrogens with one attached hydrogen (secondary N) is 1. The monoisotopic (exact) mass is 193 g/mol. The highest BCUT2D eigenvalue weighted by Crippen LogP contribution is 2.28. The second-order valence-electron chi connectivity index (χ2n) is 3.06. The molecule has 4 nitrogen and oxygen atoms in total. The topological polar surface area (TPSA) is 51.3 Å². The van der Waals surface area contributed by atoms with E-state index in [4.69, 9.17) is 9.47 Å². The SMILES string of the molecule is COC1(OC)C=Cc2c[nH]cc2C1=O. The van der Waals surface area contributed by atoms with Crippen LogP contribution in [-0.2, 0) is 9.47 Å². The molecule has 0 fully saturated rings. The normalized spacial score (nSPS) is 18.3. The van der Waals surface area contributed by atoms with E-state index in [-0.39, 0.29) is 5.78 Å². The van der Waals surface area contributed by atoms with Gasteiger partial charge in [0.25, 0.3) is 5.79 Å². The van der Waals surface area contributed by atoms with Gasteiger partial charge in [0.15, 0.2) is 0 Å². The van der Waals surface area contributed by atoms with E-state index in [2.05, 4.69) is 4.98 Å². The standard InChI is InChI=1S/C10H11NO3/c1-13-10(14-2)4-3-7-5-11-6-8(7)9(10)12/h3-6,11H,1-2H3. The van der Waals surface area contributed by atoms with E-state index in [0.29, 0.717) is 5.56 Å². The number of aromatic nitrogens is 1. The van der Waals surface area contributed by atoms with Crippen LogP contribution in [0.5, 0.6) is 0 Å². The zero-order valence-electron chi connectivity index (χ0n) is 8.03. The molecule has 0 saturated heterocycles. The first-order chi connectivity index (χ1) is 6.73. The molecule has 0 saturated carbocycles. The molecule has 1 aromatic heterocycles. The molecule has 0 atom stereocenters. The van der Waals surface area contributed by atoms with Gasteiger partial charge in [-0.3, -0.25) is 4.79 Å². The molecule has 1 aromatic rings. The van der Waals surface area contributed by atoms with Crippen LogP contribution in [0.2, 0.25) is 0 Å². The maximum Gasteiger partial charge on any atom is 0.254 e. The second kappa shape index (κ2) is 3.08. The van der Waals surface area contributed by atoms with Crippen molar-refractivity contribution >= 4 is 11.9 Å². The van der Waals surface area contributed by atoms with Crippen molar-refractivity contribution in [2.24, 2.45) is 0 Å². The summed E-state index contributed by atoms with van der Waals surface area (Å²) in [5, 5.41) is 0. The zero-order chi connectivity index (χ0) is 10.2. The number of rotatable bonds is 2. The molecule has 0 bridgehead atoms. The molecule has 14 heavy (non-hydrogen) atoms. The summed E-state index contributed by atoms with van der Waals surface area (Å²) in [6.45, 7) is 0. The van der Waals surface area contributed by atoms with Gasteiger partial charge >= 0.3 is 0 Å². The zero-order valence-corrected chi connectivity index (χ0v) is 8.03. The number of hydrogen-bond donors (Lipinski definition) is 1. The number of ether oxygens (including phenoxy) is 2. The van der Waals surface area contributed by atoms with Crippen LogP contribution in [0.4, 0.5) is 0 Å². The van der Waals surface area contributed by atoms with Gasteiger partial charge in [-0.05, 0) is 6.08 Å². The third-order valence-corrected chi connectivity index (χ3v) is 2.43. The molecule has 1 N–H and O–H groups in total. The van der Waals surface area contributed by atoms with Crippen LogP contribution in [0.1, 0.15) is 15.9 Å². The van der Waals surface area contributed by atoms with Gasteiger partial charge in [0.2, 0.25) is 5.78 Å². The molecule has 2 rings (SSSR count). The third-order valence-electron chi connectivity index (χ3n) is 2.43. The summed E-state index contributed by atoms with van der Waals surface area (Å²) in [5.41, 5.74) is 1.45. The Hall–Kier alpha value is -1.39. The number of fused-ring (bicyclic) bond motifs is 1. The number of methoxy groups -OCH3 is 2. The first-order valence-electron chi connectivity index (χ1n) is 4.24. The van der Waals surface area contributed by atoms with Crippen molar-refractivity contribution in [2.75, 3.05) is 14.2 Å². The molecule has 0 radical (unpaired) electrons. The molecule has 0 amide bonds. The van der Waals surface area contributed by atoms with E-state index >= 15 is 0 Å². The maximum atomic E-state index is 11.9. The van der Waals surface area contributed by atoms with Crippen LogP contribution < -0.4 is 0 Å². The van der Waals surface area contributed by atoms with Gasteiger partial charge in [-0.1, -0.05) is 6.08 Å². The fourth-order valence-electron chi connectivity index (χ4n) is 1.58. The summed E-state index contributed by atoms with van der Waals surface area (Å²) in [6, 6.07) is 0. The van der Waals surface area contributed by atoms with Crippen molar-refractivity contribution in [2.45, 2.75) is 5.79 Å². The van der Waals surface area contributed by atoms with Crippen LogP contribution in [0.3, 0.4) is 0 Å². The average molecular weight is 193 g/mol. The molecule has 1 aliphatic carbocycles. The lowest BCUT2D eigenvalue weighted by Crippen LogP contribution is -2.42. The lowest BCUT2D eigenvalue weighted by Gasteiger charge is -2.28. The lowest BCUT2D eigenvalue weighted by atomic mass is 9.95. The molecular formula is C10H11NO3. The maximum absolute atomic E-state index is 11.9. The predicted molar refractivity (Wildman–Crippen MR) is 50.9 cm³/mol. The first-order valence-corrected chi connectivity index (χ1v) is 4.24. The summed E-state index contributed by atoms with van der Waals surface area (Å²) in [7, 11) is 2.90. The number of Topliss-reactive ketones (excluding diaryl/α,β-unsaturated/α-hetero) is 1. The highest BCUT2D eigenvalue weighted by molar-refractivity contribution is 6.08. The molecule has 4 heteroatoms. The first kappa shape index (κ1) is 9.18. The van der Waals surface area contributed by atoms with Gasteiger partial charge in [0.1, 0.15) is 0 Å². The van der Waals surface area contributed by atoms with Gasteiger partial charge in [-0.2, -0.15) is 0 Å². The summed E-state index contributed by atoms with van der Waals surface area (Å²) in [4.78, 5) is 14.8. The van der Waals surface area contributed by atoms with Gasteiger partial charge < -0.3 is 14.5 Å². The predicted octanol–water partition coefficient (Wildman–Crippen LogP) is 1.21. The van der Waals surface area contributed by atoms with E-state index in [1.807, 2.05) is 0 Å². The smallest absolute Gasteiger partial charge is 0.254 e. The van der Waals surface area contributed by atoms with Gasteiger partial charge in [0.05, 0.1) is 0 Å². The van der Waals surface area contributed by atoms with E-state index in [1.165, 1.54) is 14.2 Å². The fraction of sp³-hybridized carbons (Fsp3) is 0.300. The number of ketones is 1. The Bertz CT molecular complexity index is 388. The van der Waals surface area contributed by atoms with Crippen molar-refractivity contribution in [1.29, 1.82) is 0 Å². The Balaban J connectivity index is 2.51. The van der Waals surface area contributed by atoms with Gasteiger partial charge in [-0.25, -0.2) is 0 Å². The Morgan fingerprint density at radius 1 is 1.29 bits per heavy atom. The van der Waals surface area contributed by atoms with Crippen molar-refractivity contribution in [3.05, 3.63) is 29.6 Å². The van der Waals surface area contributed by atoms with Crippen molar-refractivity contribution in [3.8, 4) is 0 Å². The average Bonchev–Trinajstić information content (AvgIpc) is 2.68. The van der Waals surface area contributed by atoms with Crippen molar-refractivity contribution < 1.29 is 14.3 Å². The minimum atomic E-state index is -1.25. The number of carbonyl (C=O) groups is 1. The van der Waals surface area contributed by atoms with Crippen LogP contribution in [0.15, 0.2) is 18.5 Å². The molecule has 0 spiro atoms. The van der Waals surface area contributed by atoms with Crippen LogP contribution in [0, 0.1) is 0 Å². The van der Waals surface area contributed by atoms with E-state index < -0.39 is 5.79 Å². The Morgan fingerprint density at radius 3 is 2.64 bits per heavy atom. The van der Waals surface area contributed by atoms with E-state index in [0.717, 1.165) is 5.56 Å². The quantitative estimate of drug-likeness (QED) is 0.718. The highest BCUT2D eigenvalue weighted by Gasteiger charge is 2.40. The van der Waals surface area contributed by atoms with Crippen LogP contribution in [0.25, 0.3) is 6.08 Å². The minimum Gasteiger partial charge on any atom is -0.366 e. The fourth-order valence-corrected chi connectivity index (χ4v) is 1.58. The lowest BCUT2D eigenvalue weighted by molar-refractivity contribution is -0.134. The number of hydrogen-bond acceptors (Lipinski definition) is 3. The Morgan fingerprint density at radius 2 is 2.00 bits per heavy atom. The van der Waals surface area contributed by atoms with Crippen molar-refractivity contribution in [1.82, 2.24) is 4.98 Å². The van der Waals surface area contributed by atoms with Gasteiger partial charge in [0, 0.05) is 37.7 Å².